The van der Waals surface area contributed by atoms with Gasteiger partial charge in [0.25, 0.3) is 0 Å². The molecule has 3 aliphatic heterocycles. The Morgan fingerprint density at radius 2 is 1.84 bits per heavy atom. The Bertz CT molecular complexity index is 1100. The lowest BCUT2D eigenvalue weighted by molar-refractivity contribution is -0.160. The molecule has 2 aromatic carbocycles. The molecule has 158 valence electrons. The summed E-state index contributed by atoms with van der Waals surface area (Å²) in [6, 6.07) is 15.8. The van der Waals surface area contributed by atoms with Crippen LogP contribution in [-0.2, 0) is 16.0 Å². The Hall–Kier alpha value is -3.53. The van der Waals surface area contributed by atoms with Crippen LogP contribution in [0.4, 0.5) is 0 Å². The van der Waals surface area contributed by atoms with Crippen molar-refractivity contribution in [3.63, 3.8) is 0 Å². The molecule has 0 saturated carbocycles. The summed E-state index contributed by atoms with van der Waals surface area (Å²) in [5.74, 6) is 0.984. The average Bonchev–Trinajstić information content (AvgIpc) is 3.38. The van der Waals surface area contributed by atoms with Gasteiger partial charge in [0, 0.05) is 13.5 Å². The Morgan fingerprint density at radius 1 is 1.10 bits per heavy atom. The van der Waals surface area contributed by atoms with Crippen molar-refractivity contribution in [1.29, 1.82) is 5.26 Å². The number of carbonyl (C=O) groups excluding carboxylic acids is 2. The highest BCUT2D eigenvalue weighted by molar-refractivity contribution is 5.98. The lowest BCUT2D eigenvalue weighted by Crippen LogP contribution is -2.62. The van der Waals surface area contributed by atoms with E-state index in [0.29, 0.717) is 24.3 Å². The number of carbonyl (C=O) groups is 2. The number of nitrogens with zero attached hydrogens (tertiary/aromatic N) is 3. The van der Waals surface area contributed by atoms with E-state index in [9.17, 15) is 14.9 Å². The molecule has 3 heterocycles. The molecular formula is C24H23N3O4. The van der Waals surface area contributed by atoms with Crippen LogP contribution < -0.4 is 9.47 Å². The number of hydrogen-bond donors (Lipinski definition) is 0. The number of benzene rings is 2. The van der Waals surface area contributed by atoms with Gasteiger partial charge < -0.3 is 19.3 Å². The van der Waals surface area contributed by atoms with E-state index in [-0.39, 0.29) is 18.6 Å². The standard InChI is InChI=1S/C24H23N3O4/c1-24(13-25)12-18-22(28)26(2)17(10-15-6-4-3-5-7-15)23(29)27(18)21(24)16-8-9-19-20(11-16)31-14-30-19/h3-9,11,17-18,21H,10,12,14H2,1-2H3/t17-,18+,21+,24-/m1/s1. The highest BCUT2D eigenvalue weighted by Gasteiger charge is 2.59. The highest BCUT2D eigenvalue weighted by Crippen LogP contribution is 2.53. The molecule has 7 nitrogen and oxygen atoms in total. The van der Waals surface area contributed by atoms with Gasteiger partial charge in [0.15, 0.2) is 11.5 Å². The third-order valence-corrected chi connectivity index (χ3v) is 6.71. The summed E-state index contributed by atoms with van der Waals surface area (Å²) < 4.78 is 10.9. The van der Waals surface area contributed by atoms with Crippen LogP contribution in [-0.4, -0.2) is 47.5 Å². The molecule has 2 fully saturated rings. The topological polar surface area (TPSA) is 82.9 Å². The molecule has 0 unspecified atom stereocenters. The zero-order valence-electron chi connectivity index (χ0n) is 17.4. The maximum absolute atomic E-state index is 13.8. The molecule has 31 heavy (non-hydrogen) atoms. The molecule has 7 heteroatoms. The quantitative estimate of drug-likeness (QED) is 0.767. The summed E-state index contributed by atoms with van der Waals surface area (Å²) in [7, 11) is 1.68. The third kappa shape index (κ3) is 2.94. The van der Waals surface area contributed by atoms with Gasteiger partial charge in [0.05, 0.1) is 17.5 Å². The zero-order valence-corrected chi connectivity index (χ0v) is 17.4. The molecule has 4 atom stereocenters. The van der Waals surface area contributed by atoms with Gasteiger partial charge >= 0.3 is 0 Å². The van der Waals surface area contributed by atoms with Crippen molar-refractivity contribution in [2.24, 2.45) is 5.41 Å². The van der Waals surface area contributed by atoms with Gasteiger partial charge in [0.2, 0.25) is 18.6 Å². The predicted molar refractivity (Wildman–Crippen MR) is 111 cm³/mol. The number of likely N-dealkylation sites (N-methyl/N-ethyl adjacent to an activating group) is 1. The molecule has 0 bridgehead atoms. The predicted octanol–water partition coefficient (Wildman–Crippen LogP) is 2.67. The van der Waals surface area contributed by atoms with Crippen LogP contribution in [0.3, 0.4) is 0 Å². The second kappa shape index (κ2) is 7.02. The number of amides is 2. The van der Waals surface area contributed by atoms with Crippen LogP contribution in [0.25, 0.3) is 0 Å². The minimum atomic E-state index is -0.897. The van der Waals surface area contributed by atoms with Crippen LogP contribution in [0.5, 0.6) is 11.5 Å². The van der Waals surface area contributed by atoms with Crippen LogP contribution >= 0.6 is 0 Å². The summed E-state index contributed by atoms with van der Waals surface area (Å²) >= 11 is 0. The summed E-state index contributed by atoms with van der Waals surface area (Å²) in [6.07, 6.45) is 0.734. The smallest absolute Gasteiger partial charge is 0.246 e. The van der Waals surface area contributed by atoms with Gasteiger partial charge in [-0.25, -0.2) is 0 Å². The van der Waals surface area contributed by atoms with E-state index in [4.69, 9.17) is 9.47 Å². The Kier molecular flexibility index (Phi) is 4.40. The first-order valence-corrected chi connectivity index (χ1v) is 10.4. The third-order valence-electron chi connectivity index (χ3n) is 6.71. The molecule has 0 aromatic heterocycles. The monoisotopic (exact) mass is 417 g/mol. The number of nitriles is 1. The van der Waals surface area contributed by atoms with E-state index >= 15 is 0 Å². The summed E-state index contributed by atoms with van der Waals surface area (Å²) in [5.41, 5.74) is 0.868. The van der Waals surface area contributed by atoms with Gasteiger partial charge in [-0.3, -0.25) is 9.59 Å². The molecule has 2 aromatic rings. The summed E-state index contributed by atoms with van der Waals surface area (Å²) in [4.78, 5) is 30.3. The summed E-state index contributed by atoms with van der Waals surface area (Å²) in [6.45, 7) is 1.97. The molecular weight excluding hydrogens is 394 g/mol. The fourth-order valence-electron chi connectivity index (χ4n) is 5.09. The normalized spacial score (nSPS) is 29.1. The molecule has 3 aliphatic rings. The minimum Gasteiger partial charge on any atom is -0.454 e. The van der Waals surface area contributed by atoms with Crippen molar-refractivity contribution in [2.75, 3.05) is 13.8 Å². The minimum absolute atomic E-state index is 0.120. The van der Waals surface area contributed by atoms with Crippen molar-refractivity contribution in [3.8, 4) is 17.6 Å². The van der Waals surface area contributed by atoms with E-state index in [1.54, 1.807) is 22.9 Å². The first-order valence-electron chi connectivity index (χ1n) is 10.4. The Labute approximate surface area is 180 Å². The van der Waals surface area contributed by atoms with Crippen molar-refractivity contribution in [3.05, 3.63) is 59.7 Å². The molecule has 2 amide bonds. The van der Waals surface area contributed by atoms with Gasteiger partial charge in [0.1, 0.15) is 12.1 Å². The van der Waals surface area contributed by atoms with Gasteiger partial charge in [-0.15, -0.1) is 0 Å². The number of piperazine rings is 1. The van der Waals surface area contributed by atoms with Crippen molar-refractivity contribution < 1.29 is 19.1 Å². The molecule has 2 saturated heterocycles. The van der Waals surface area contributed by atoms with Crippen molar-refractivity contribution in [2.45, 2.75) is 37.9 Å². The van der Waals surface area contributed by atoms with Crippen molar-refractivity contribution in [1.82, 2.24) is 9.80 Å². The number of fused-ring (bicyclic) bond motifs is 2. The van der Waals surface area contributed by atoms with Crippen LogP contribution in [0, 0.1) is 16.7 Å². The average molecular weight is 417 g/mol. The fraction of sp³-hybridized carbons (Fsp3) is 0.375. The molecule has 0 radical (unpaired) electrons. The van der Waals surface area contributed by atoms with Gasteiger partial charge in [-0.2, -0.15) is 5.26 Å². The number of hydrogen-bond acceptors (Lipinski definition) is 5. The summed E-state index contributed by atoms with van der Waals surface area (Å²) in [5, 5.41) is 10.1. The van der Waals surface area contributed by atoms with E-state index < -0.39 is 23.5 Å². The van der Waals surface area contributed by atoms with Crippen LogP contribution in [0.1, 0.15) is 30.5 Å². The van der Waals surface area contributed by atoms with Crippen molar-refractivity contribution >= 4 is 11.8 Å². The lowest BCUT2D eigenvalue weighted by atomic mass is 9.79. The van der Waals surface area contributed by atoms with E-state index in [1.807, 2.05) is 49.4 Å². The second-order valence-electron chi connectivity index (χ2n) is 8.66. The lowest BCUT2D eigenvalue weighted by Gasteiger charge is -2.43. The SMILES string of the molecule is CN1C(=O)[C@@H]2C[C@](C)(C#N)[C@H](c3ccc4c(c3)OCO4)N2C(=O)[C@H]1Cc1ccccc1. The first-order chi connectivity index (χ1) is 14.9. The van der Waals surface area contributed by atoms with E-state index in [0.717, 1.165) is 11.1 Å². The maximum Gasteiger partial charge on any atom is 0.246 e. The fourth-order valence-corrected chi connectivity index (χ4v) is 5.09. The Balaban J connectivity index is 1.56. The second-order valence-corrected chi connectivity index (χ2v) is 8.66. The van der Waals surface area contributed by atoms with Gasteiger partial charge in [-0.05, 0) is 36.6 Å². The zero-order chi connectivity index (χ0) is 21.8. The molecule has 0 N–H and O–H groups in total. The van der Waals surface area contributed by atoms with E-state index in [2.05, 4.69) is 6.07 Å². The molecule has 0 spiro atoms. The number of ether oxygens (including phenoxy) is 2. The highest BCUT2D eigenvalue weighted by atomic mass is 16.7. The maximum atomic E-state index is 13.8. The van der Waals surface area contributed by atoms with E-state index in [1.165, 1.54) is 0 Å². The first kappa shape index (κ1) is 19.4. The van der Waals surface area contributed by atoms with Crippen LogP contribution in [0.2, 0.25) is 0 Å². The largest absolute Gasteiger partial charge is 0.454 e. The molecule has 0 aliphatic carbocycles. The number of rotatable bonds is 3. The van der Waals surface area contributed by atoms with Crippen LogP contribution in [0.15, 0.2) is 48.5 Å². The Morgan fingerprint density at radius 3 is 2.58 bits per heavy atom. The van der Waals surface area contributed by atoms with Gasteiger partial charge in [-0.1, -0.05) is 36.4 Å². The molecule has 5 rings (SSSR count).